The van der Waals surface area contributed by atoms with Crippen LogP contribution in [0.3, 0.4) is 0 Å². The molecule has 1 unspecified atom stereocenters. The van der Waals surface area contributed by atoms with Gasteiger partial charge in [-0.15, -0.1) is 0 Å². The molecule has 6 heteroatoms. The van der Waals surface area contributed by atoms with Gasteiger partial charge in [-0.05, 0) is 32.4 Å². The van der Waals surface area contributed by atoms with Gasteiger partial charge in [0, 0.05) is 19.0 Å². The molecular weight excluding hydrogens is 292 g/mol. The average Bonchev–Trinajstić information content (AvgIpc) is 2.88. The number of hydrogen-bond acceptors (Lipinski definition) is 3. The molecule has 1 aliphatic heterocycles. The number of para-hydroxylation sites is 1. The van der Waals surface area contributed by atoms with Crippen molar-refractivity contribution in [1.82, 2.24) is 16.0 Å². The van der Waals surface area contributed by atoms with Gasteiger partial charge in [-0.1, -0.05) is 18.2 Å². The van der Waals surface area contributed by atoms with Crippen LogP contribution in [0.2, 0.25) is 0 Å². The maximum absolute atomic E-state index is 11.8. The van der Waals surface area contributed by atoms with E-state index in [1.165, 1.54) is 5.56 Å². The van der Waals surface area contributed by atoms with E-state index in [0.29, 0.717) is 12.5 Å². The van der Waals surface area contributed by atoms with Crippen molar-refractivity contribution < 1.29 is 9.53 Å². The van der Waals surface area contributed by atoms with Crippen molar-refractivity contribution in [3.8, 4) is 5.75 Å². The maximum Gasteiger partial charge on any atom is 0.239 e. The number of ether oxygens (including phenoxy) is 1. The summed E-state index contributed by atoms with van der Waals surface area (Å²) in [5, 5.41) is 9.11. The monoisotopic (exact) mass is 318 g/mol. The van der Waals surface area contributed by atoms with E-state index in [0.717, 1.165) is 12.2 Å². The van der Waals surface area contributed by atoms with E-state index < -0.39 is 0 Å². The third kappa shape index (κ3) is 5.47. The number of nitrogens with zero attached hydrogens (tertiary/aromatic N) is 1. The zero-order valence-corrected chi connectivity index (χ0v) is 14.3. The standard InChI is InChI=1S/C17H26N4O2/c1-17(2,3)21-15(22)11-20-16(18-4)19-10-13-9-12-7-5-6-8-14(12)23-13/h5-8,13H,9-11H2,1-4H3,(H,21,22)(H2,18,19,20). The van der Waals surface area contributed by atoms with Crippen LogP contribution in [0.25, 0.3) is 0 Å². The molecule has 0 saturated heterocycles. The third-order valence-corrected chi connectivity index (χ3v) is 3.37. The highest BCUT2D eigenvalue weighted by molar-refractivity contribution is 5.86. The van der Waals surface area contributed by atoms with Crippen molar-refractivity contribution in [1.29, 1.82) is 0 Å². The number of benzene rings is 1. The highest BCUT2D eigenvalue weighted by Crippen LogP contribution is 2.27. The molecule has 2 rings (SSSR count). The van der Waals surface area contributed by atoms with Crippen molar-refractivity contribution >= 4 is 11.9 Å². The molecular formula is C17H26N4O2. The lowest BCUT2D eigenvalue weighted by atomic mass is 10.1. The Morgan fingerprint density at radius 1 is 1.30 bits per heavy atom. The van der Waals surface area contributed by atoms with E-state index >= 15 is 0 Å². The smallest absolute Gasteiger partial charge is 0.239 e. The van der Waals surface area contributed by atoms with E-state index in [-0.39, 0.29) is 24.1 Å². The van der Waals surface area contributed by atoms with Gasteiger partial charge < -0.3 is 20.7 Å². The molecule has 1 atom stereocenters. The maximum atomic E-state index is 11.8. The Bertz CT molecular complexity index is 553. The van der Waals surface area contributed by atoms with Crippen LogP contribution in [-0.2, 0) is 11.2 Å². The summed E-state index contributed by atoms with van der Waals surface area (Å²) in [6, 6.07) is 8.06. The van der Waals surface area contributed by atoms with Crippen LogP contribution >= 0.6 is 0 Å². The van der Waals surface area contributed by atoms with Crippen molar-refractivity contribution in [2.24, 2.45) is 4.99 Å². The van der Waals surface area contributed by atoms with Gasteiger partial charge in [-0.3, -0.25) is 9.79 Å². The fourth-order valence-corrected chi connectivity index (χ4v) is 2.43. The zero-order chi connectivity index (χ0) is 16.9. The second-order valence-corrected chi connectivity index (χ2v) is 6.66. The number of fused-ring (bicyclic) bond motifs is 1. The third-order valence-electron chi connectivity index (χ3n) is 3.37. The van der Waals surface area contributed by atoms with Crippen LogP contribution < -0.4 is 20.7 Å². The summed E-state index contributed by atoms with van der Waals surface area (Å²) in [6.45, 7) is 6.67. The minimum atomic E-state index is -0.237. The predicted octanol–water partition coefficient (Wildman–Crippen LogP) is 1.07. The molecule has 0 fully saturated rings. The summed E-state index contributed by atoms with van der Waals surface area (Å²) < 4.78 is 5.87. The van der Waals surface area contributed by atoms with E-state index in [2.05, 4.69) is 27.0 Å². The van der Waals surface area contributed by atoms with E-state index in [9.17, 15) is 4.79 Å². The molecule has 23 heavy (non-hydrogen) atoms. The highest BCUT2D eigenvalue weighted by atomic mass is 16.5. The molecule has 6 nitrogen and oxygen atoms in total. The van der Waals surface area contributed by atoms with Gasteiger partial charge in [0.2, 0.25) is 5.91 Å². The fraction of sp³-hybridized carbons (Fsp3) is 0.529. The zero-order valence-electron chi connectivity index (χ0n) is 14.3. The van der Waals surface area contributed by atoms with Crippen LogP contribution in [0.1, 0.15) is 26.3 Å². The van der Waals surface area contributed by atoms with Crippen LogP contribution in [0.15, 0.2) is 29.3 Å². The summed E-state index contributed by atoms with van der Waals surface area (Å²) in [7, 11) is 1.68. The van der Waals surface area contributed by atoms with E-state index in [1.54, 1.807) is 7.05 Å². The van der Waals surface area contributed by atoms with Gasteiger partial charge >= 0.3 is 0 Å². The summed E-state index contributed by atoms with van der Waals surface area (Å²) in [6.07, 6.45) is 0.958. The van der Waals surface area contributed by atoms with Crippen molar-refractivity contribution in [3.63, 3.8) is 0 Å². The molecule has 0 spiro atoms. The Kier molecular flexibility index (Phi) is 5.47. The number of amides is 1. The number of hydrogen-bond donors (Lipinski definition) is 3. The Hall–Kier alpha value is -2.24. The molecule has 0 saturated carbocycles. The minimum Gasteiger partial charge on any atom is -0.488 e. The second kappa shape index (κ2) is 7.35. The Morgan fingerprint density at radius 2 is 2.04 bits per heavy atom. The number of carbonyl (C=O) groups is 1. The number of guanidine groups is 1. The molecule has 0 radical (unpaired) electrons. The molecule has 1 aromatic rings. The van der Waals surface area contributed by atoms with E-state index in [1.807, 2.05) is 39.0 Å². The van der Waals surface area contributed by atoms with Crippen molar-refractivity contribution in [2.45, 2.75) is 38.8 Å². The topological polar surface area (TPSA) is 74.8 Å². The van der Waals surface area contributed by atoms with E-state index in [4.69, 9.17) is 4.74 Å². The van der Waals surface area contributed by atoms with Gasteiger partial charge in [0.25, 0.3) is 0 Å². The summed E-state index contributed by atoms with van der Waals surface area (Å²) >= 11 is 0. The van der Waals surface area contributed by atoms with Crippen LogP contribution in [0.5, 0.6) is 5.75 Å². The molecule has 0 bridgehead atoms. The molecule has 0 aliphatic carbocycles. The fourth-order valence-electron chi connectivity index (χ4n) is 2.43. The first-order chi connectivity index (χ1) is 10.9. The predicted molar refractivity (Wildman–Crippen MR) is 91.8 cm³/mol. The number of carbonyl (C=O) groups excluding carboxylic acids is 1. The normalized spacial score (nSPS) is 17.2. The van der Waals surface area contributed by atoms with Gasteiger partial charge in [0.1, 0.15) is 11.9 Å². The lowest BCUT2D eigenvalue weighted by Crippen LogP contribution is -2.49. The Morgan fingerprint density at radius 3 is 2.70 bits per heavy atom. The highest BCUT2D eigenvalue weighted by Gasteiger charge is 2.22. The molecule has 3 N–H and O–H groups in total. The number of rotatable bonds is 4. The van der Waals surface area contributed by atoms with Crippen molar-refractivity contribution in [2.75, 3.05) is 20.1 Å². The van der Waals surface area contributed by atoms with Gasteiger partial charge in [0.15, 0.2) is 5.96 Å². The van der Waals surface area contributed by atoms with Crippen LogP contribution in [-0.4, -0.2) is 43.6 Å². The van der Waals surface area contributed by atoms with Crippen molar-refractivity contribution in [3.05, 3.63) is 29.8 Å². The quantitative estimate of drug-likeness (QED) is 0.573. The minimum absolute atomic E-state index is 0.0648. The molecule has 1 aromatic carbocycles. The van der Waals surface area contributed by atoms with Crippen LogP contribution in [0, 0.1) is 0 Å². The SMILES string of the molecule is CN=C(NCC(=O)NC(C)(C)C)NCC1Cc2ccccc2O1. The summed E-state index contributed by atoms with van der Waals surface area (Å²) in [4.78, 5) is 15.9. The first kappa shape index (κ1) is 17.1. The van der Waals surface area contributed by atoms with Crippen LogP contribution in [0.4, 0.5) is 0 Å². The molecule has 0 aromatic heterocycles. The number of nitrogens with one attached hydrogen (secondary N) is 3. The average molecular weight is 318 g/mol. The molecule has 1 aliphatic rings. The molecule has 126 valence electrons. The summed E-state index contributed by atoms with van der Waals surface area (Å²) in [5.41, 5.74) is 0.992. The first-order valence-electron chi connectivity index (χ1n) is 7.87. The number of aliphatic imine (C=N–C) groups is 1. The second-order valence-electron chi connectivity index (χ2n) is 6.66. The first-order valence-corrected chi connectivity index (χ1v) is 7.87. The van der Waals surface area contributed by atoms with Gasteiger partial charge in [0.05, 0.1) is 13.1 Å². The lowest BCUT2D eigenvalue weighted by Gasteiger charge is -2.21. The summed E-state index contributed by atoms with van der Waals surface area (Å²) in [5.74, 6) is 1.48. The lowest BCUT2D eigenvalue weighted by molar-refractivity contribution is -0.121. The van der Waals surface area contributed by atoms with Gasteiger partial charge in [-0.25, -0.2) is 0 Å². The molecule has 1 amide bonds. The molecule has 1 heterocycles. The van der Waals surface area contributed by atoms with Gasteiger partial charge in [-0.2, -0.15) is 0 Å². The largest absolute Gasteiger partial charge is 0.488 e. The Labute approximate surface area is 137 Å². The Balaban J connectivity index is 1.73.